The minimum Gasteiger partial charge on any atom is -0.493 e. The first-order valence-corrected chi connectivity index (χ1v) is 6.28. The highest BCUT2D eigenvalue weighted by Crippen LogP contribution is 2.22. The summed E-state index contributed by atoms with van der Waals surface area (Å²) in [6, 6.07) is 7.21. The van der Waals surface area contributed by atoms with E-state index in [2.05, 4.69) is 5.32 Å². The van der Waals surface area contributed by atoms with Gasteiger partial charge >= 0.3 is 0 Å². The van der Waals surface area contributed by atoms with Crippen molar-refractivity contribution in [3.05, 3.63) is 29.8 Å². The minimum absolute atomic E-state index is 0.0820. The third kappa shape index (κ3) is 2.71. The number of methoxy groups -OCH3 is 1. The molecule has 1 aliphatic rings. The van der Waals surface area contributed by atoms with E-state index in [0.717, 1.165) is 13.0 Å². The number of benzene rings is 1. The van der Waals surface area contributed by atoms with E-state index in [1.54, 1.807) is 7.11 Å². The number of ether oxygens (including phenoxy) is 2. The average molecular weight is 249 g/mol. The molecule has 0 aliphatic carbocycles. The Labute approximate surface area is 107 Å². The van der Waals surface area contributed by atoms with Gasteiger partial charge in [-0.1, -0.05) is 12.1 Å². The van der Waals surface area contributed by atoms with Crippen molar-refractivity contribution in [2.24, 2.45) is 0 Å². The molecule has 1 N–H and O–H groups in total. The summed E-state index contributed by atoms with van der Waals surface area (Å²) in [7, 11) is 1.67. The van der Waals surface area contributed by atoms with Crippen molar-refractivity contribution in [3.63, 3.8) is 0 Å². The monoisotopic (exact) mass is 249 g/mol. The first-order chi connectivity index (χ1) is 8.76. The van der Waals surface area contributed by atoms with Crippen molar-refractivity contribution < 1.29 is 14.3 Å². The molecule has 1 aromatic rings. The quantitative estimate of drug-likeness (QED) is 0.806. The van der Waals surface area contributed by atoms with Crippen LogP contribution in [-0.2, 0) is 4.74 Å². The summed E-state index contributed by atoms with van der Waals surface area (Å²) in [4.78, 5) is 12.4. The van der Waals surface area contributed by atoms with Crippen LogP contribution in [0.4, 0.5) is 0 Å². The Balaban J connectivity index is 2.14. The predicted octanol–water partition coefficient (Wildman–Crippen LogP) is 1.64. The van der Waals surface area contributed by atoms with Gasteiger partial charge in [-0.2, -0.15) is 0 Å². The maximum absolute atomic E-state index is 12.4. The zero-order valence-corrected chi connectivity index (χ0v) is 10.8. The van der Waals surface area contributed by atoms with E-state index in [1.807, 2.05) is 31.2 Å². The summed E-state index contributed by atoms with van der Waals surface area (Å²) < 4.78 is 10.8. The van der Waals surface area contributed by atoms with Crippen molar-refractivity contribution in [1.82, 2.24) is 5.32 Å². The molecule has 0 spiro atoms. The zero-order valence-electron chi connectivity index (χ0n) is 10.8. The van der Waals surface area contributed by atoms with Gasteiger partial charge in [0.2, 0.25) is 0 Å². The molecule has 2 rings (SSSR count). The Morgan fingerprint density at radius 2 is 2.22 bits per heavy atom. The highest BCUT2D eigenvalue weighted by Gasteiger charge is 2.31. The maximum Gasteiger partial charge on any atom is 0.183 e. The maximum atomic E-state index is 12.4. The van der Waals surface area contributed by atoms with Gasteiger partial charge in [-0.25, -0.2) is 0 Å². The Morgan fingerprint density at radius 1 is 1.44 bits per heavy atom. The number of carbonyl (C=O) groups is 1. The molecule has 4 heteroatoms. The van der Waals surface area contributed by atoms with Gasteiger partial charge in [0, 0.05) is 13.7 Å². The number of Topliss-reactive ketones (excluding diaryl/α,β-unsaturated/α-hetero) is 1. The fourth-order valence-corrected chi connectivity index (χ4v) is 2.22. The van der Waals surface area contributed by atoms with Crippen LogP contribution in [0.3, 0.4) is 0 Å². The van der Waals surface area contributed by atoms with Crippen LogP contribution < -0.4 is 10.1 Å². The second-order valence-corrected chi connectivity index (χ2v) is 4.35. The summed E-state index contributed by atoms with van der Waals surface area (Å²) in [5.74, 6) is 0.742. The largest absolute Gasteiger partial charge is 0.493 e. The van der Waals surface area contributed by atoms with Crippen molar-refractivity contribution in [1.29, 1.82) is 0 Å². The zero-order chi connectivity index (χ0) is 13.0. The van der Waals surface area contributed by atoms with E-state index in [-0.39, 0.29) is 17.9 Å². The molecule has 0 saturated carbocycles. The third-order valence-electron chi connectivity index (χ3n) is 3.19. The molecule has 2 unspecified atom stereocenters. The molecule has 1 saturated heterocycles. The van der Waals surface area contributed by atoms with Crippen LogP contribution in [0.15, 0.2) is 24.3 Å². The first-order valence-electron chi connectivity index (χ1n) is 6.28. The third-order valence-corrected chi connectivity index (χ3v) is 3.19. The lowest BCUT2D eigenvalue weighted by molar-refractivity contribution is 0.0915. The van der Waals surface area contributed by atoms with Gasteiger partial charge < -0.3 is 14.8 Å². The van der Waals surface area contributed by atoms with E-state index in [4.69, 9.17) is 9.47 Å². The van der Waals surface area contributed by atoms with E-state index in [0.29, 0.717) is 17.9 Å². The second-order valence-electron chi connectivity index (χ2n) is 4.35. The molecule has 0 radical (unpaired) electrons. The normalized spacial score (nSPS) is 23.0. The van der Waals surface area contributed by atoms with Gasteiger partial charge in [-0.3, -0.25) is 4.79 Å². The molecule has 1 heterocycles. The lowest BCUT2D eigenvalue weighted by Crippen LogP contribution is -2.31. The van der Waals surface area contributed by atoms with E-state index >= 15 is 0 Å². The minimum atomic E-state index is -0.170. The van der Waals surface area contributed by atoms with Crippen LogP contribution >= 0.6 is 0 Å². The lowest BCUT2D eigenvalue weighted by Gasteiger charge is -2.13. The second kappa shape index (κ2) is 5.98. The number of rotatable bonds is 5. The lowest BCUT2D eigenvalue weighted by atomic mass is 10.0. The van der Waals surface area contributed by atoms with Crippen molar-refractivity contribution in [2.75, 3.05) is 20.3 Å². The molecule has 0 aromatic heterocycles. The number of para-hydroxylation sites is 1. The van der Waals surface area contributed by atoms with Crippen LogP contribution in [0.25, 0.3) is 0 Å². The Morgan fingerprint density at radius 3 is 2.89 bits per heavy atom. The summed E-state index contributed by atoms with van der Waals surface area (Å²) in [6.45, 7) is 3.20. The molecule has 98 valence electrons. The van der Waals surface area contributed by atoms with Gasteiger partial charge in [0.1, 0.15) is 5.75 Å². The molecular weight excluding hydrogens is 230 g/mol. The Kier molecular flexibility index (Phi) is 4.33. The van der Waals surface area contributed by atoms with E-state index < -0.39 is 0 Å². The van der Waals surface area contributed by atoms with Gasteiger partial charge in [-0.05, 0) is 25.5 Å². The molecule has 1 aliphatic heterocycles. The van der Waals surface area contributed by atoms with Crippen molar-refractivity contribution in [3.8, 4) is 5.75 Å². The van der Waals surface area contributed by atoms with E-state index in [1.165, 1.54) is 0 Å². The molecule has 1 fully saturated rings. The number of hydrogen-bond acceptors (Lipinski definition) is 4. The average Bonchev–Trinajstić information content (AvgIpc) is 2.88. The van der Waals surface area contributed by atoms with Crippen LogP contribution in [-0.4, -0.2) is 38.2 Å². The van der Waals surface area contributed by atoms with Gasteiger partial charge in [0.15, 0.2) is 5.78 Å². The van der Waals surface area contributed by atoms with Gasteiger partial charge in [0.05, 0.1) is 24.3 Å². The molecule has 0 amide bonds. The van der Waals surface area contributed by atoms with Crippen LogP contribution in [0, 0.1) is 0 Å². The summed E-state index contributed by atoms with van der Waals surface area (Å²) >= 11 is 0. The standard InChI is InChI=1S/C14H19NO3/c1-3-18-13-7-5-4-6-11(13)14(16)12-8-10(17-2)9-15-12/h4-7,10,12,15H,3,8-9H2,1-2H3. The highest BCUT2D eigenvalue weighted by atomic mass is 16.5. The number of carbonyl (C=O) groups excluding carboxylic acids is 1. The van der Waals surface area contributed by atoms with Gasteiger partial charge in [-0.15, -0.1) is 0 Å². The fraction of sp³-hybridized carbons (Fsp3) is 0.500. The predicted molar refractivity (Wildman–Crippen MR) is 69.1 cm³/mol. The molecule has 1 aromatic carbocycles. The van der Waals surface area contributed by atoms with E-state index in [9.17, 15) is 4.79 Å². The van der Waals surface area contributed by atoms with Crippen LogP contribution in [0.1, 0.15) is 23.7 Å². The van der Waals surface area contributed by atoms with Crippen molar-refractivity contribution >= 4 is 5.78 Å². The van der Waals surface area contributed by atoms with Crippen LogP contribution in [0.2, 0.25) is 0 Å². The highest BCUT2D eigenvalue weighted by molar-refractivity contribution is 6.02. The smallest absolute Gasteiger partial charge is 0.183 e. The summed E-state index contributed by atoms with van der Waals surface area (Å²) in [5.41, 5.74) is 0.647. The molecular formula is C14H19NO3. The SMILES string of the molecule is CCOc1ccccc1C(=O)C1CC(OC)CN1. The Hall–Kier alpha value is -1.39. The van der Waals surface area contributed by atoms with Gasteiger partial charge in [0.25, 0.3) is 0 Å². The molecule has 18 heavy (non-hydrogen) atoms. The summed E-state index contributed by atoms with van der Waals surface area (Å²) in [5, 5.41) is 3.20. The molecule has 4 nitrogen and oxygen atoms in total. The molecule has 2 atom stereocenters. The number of nitrogens with one attached hydrogen (secondary N) is 1. The first kappa shape index (κ1) is 13.1. The van der Waals surface area contributed by atoms with Crippen molar-refractivity contribution in [2.45, 2.75) is 25.5 Å². The summed E-state index contributed by atoms with van der Waals surface area (Å²) in [6.07, 6.45) is 0.841. The topological polar surface area (TPSA) is 47.6 Å². The fourth-order valence-electron chi connectivity index (χ4n) is 2.22. The number of hydrogen-bond donors (Lipinski definition) is 1. The molecule has 0 bridgehead atoms. The van der Waals surface area contributed by atoms with Crippen LogP contribution in [0.5, 0.6) is 5.75 Å². The number of ketones is 1. The Bertz CT molecular complexity index is 419.